The quantitative estimate of drug-likeness (QED) is 0.241. The van der Waals surface area contributed by atoms with Crippen molar-refractivity contribution in [2.24, 2.45) is 0 Å². The van der Waals surface area contributed by atoms with Crippen molar-refractivity contribution in [1.82, 2.24) is 0 Å². The van der Waals surface area contributed by atoms with E-state index in [-0.39, 0.29) is 11.9 Å². The molecule has 8 heteroatoms. The van der Waals surface area contributed by atoms with Crippen LogP contribution in [-0.4, -0.2) is 39.2 Å². The van der Waals surface area contributed by atoms with Crippen LogP contribution in [0.1, 0.15) is 23.0 Å². The number of hydrogen-bond acceptors (Lipinski definition) is 5. The molecular formula is C26H24Br3NO4. The molecule has 0 N–H and O–H groups in total. The summed E-state index contributed by atoms with van der Waals surface area (Å²) in [5, 5.41) is 0. The zero-order chi connectivity index (χ0) is 24.7. The number of carbonyl (C=O) groups is 2. The second-order valence-corrected chi connectivity index (χ2v) is 10.4. The van der Waals surface area contributed by atoms with Crippen LogP contribution in [0.3, 0.4) is 0 Å². The number of carbonyl (C=O) groups excluding carboxylic acids is 2. The number of anilines is 1. The number of rotatable bonds is 9. The minimum absolute atomic E-state index is 0.319. The van der Waals surface area contributed by atoms with Crippen molar-refractivity contribution in [3.63, 3.8) is 0 Å². The largest absolute Gasteiger partial charge is 0.468 e. The number of esters is 2. The molecule has 0 radical (unpaired) electrons. The Kier molecular flexibility index (Phi) is 9.74. The van der Waals surface area contributed by atoms with Crippen molar-refractivity contribution in [1.29, 1.82) is 0 Å². The van der Waals surface area contributed by atoms with Gasteiger partial charge in [-0.1, -0.05) is 72.1 Å². The van der Waals surface area contributed by atoms with E-state index in [0.29, 0.717) is 13.1 Å². The predicted molar refractivity (Wildman–Crippen MR) is 144 cm³/mol. The topological polar surface area (TPSA) is 55.8 Å². The highest BCUT2D eigenvalue weighted by Crippen LogP contribution is 2.29. The van der Waals surface area contributed by atoms with Crippen molar-refractivity contribution in [2.75, 3.05) is 32.2 Å². The minimum Gasteiger partial charge on any atom is -0.468 e. The van der Waals surface area contributed by atoms with Crippen LogP contribution in [0.25, 0.3) is 0 Å². The van der Waals surface area contributed by atoms with Crippen molar-refractivity contribution in [3.8, 4) is 0 Å². The second kappa shape index (κ2) is 12.5. The molecule has 0 unspecified atom stereocenters. The van der Waals surface area contributed by atoms with Crippen LogP contribution in [0.2, 0.25) is 0 Å². The second-order valence-electron chi connectivity index (χ2n) is 7.64. The van der Waals surface area contributed by atoms with Crippen LogP contribution in [0.15, 0.2) is 86.2 Å². The SMILES string of the molecule is COC(=O)[C@H](CN(C[C@@H](C(=O)OC)c1ccc(Br)cc1)c1ccc(Br)cc1)c1ccc(Br)cc1. The summed E-state index contributed by atoms with van der Waals surface area (Å²) in [5.41, 5.74) is 2.53. The molecule has 0 fully saturated rings. The lowest BCUT2D eigenvalue weighted by molar-refractivity contribution is -0.142. The molecule has 178 valence electrons. The van der Waals surface area contributed by atoms with Gasteiger partial charge in [-0.15, -0.1) is 0 Å². The van der Waals surface area contributed by atoms with E-state index in [2.05, 4.69) is 47.8 Å². The normalized spacial score (nSPS) is 12.5. The van der Waals surface area contributed by atoms with Gasteiger partial charge in [-0.25, -0.2) is 0 Å². The molecule has 2 atom stereocenters. The Morgan fingerprint density at radius 3 is 1.29 bits per heavy atom. The van der Waals surface area contributed by atoms with Crippen LogP contribution in [0.5, 0.6) is 0 Å². The van der Waals surface area contributed by atoms with Crippen molar-refractivity contribution >= 4 is 65.4 Å². The van der Waals surface area contributed by atoms with E-state index in [0.717, 1.165) is 30.2 Å². The van der Waals surface area contributed by atoms with Crippen LogP contribution >= 0.6 is 47.8 Å². The van der Waals surface area contributed by atoms with Crippen LogP contribution in [0.4, 0.5) is 5.69 Å². The Hall–Kier alpha value is -2.16. The third-order valence-corrected chi connectivity index (χ3v) is 7.10. The predicted octanol–water partition coefficient (Wildman–Crippen LogP) is 6.69. The van der Waals surface area contributed by atoms with Crippen molar-refractivity contribution in [3.05, 3.63) is 97.3 Å². The summed E-state index contributed by atoms with van der Waals surface area (Å²) in [7, 11) is 2.77. The first-order valence-electron chi connectivity index (χ1n) is 10.5. The van der Waals surface area contributed by atoms with Gasteiger partial charge in [0.05, 0.1) is 26.1 Å². The molecule has 3 rings (SSSR count). The summed E-state index contributed by atoms with van der Waals surface area (Å²) >= 11 is 10.4. The fourth-order valence-corrected chi connectivity index (χ4v) is 4.48. The fraction of sp³-hybridized carbons (Fsp3) is 0.231. The Morgan fingerprint density at radius 2 is 0.971 bits per heavy atom. The fourth-order valence-electron chi connectivity index (χ4n) is 3.68. The van der Waals surface area contributed by atoms with Crippen LogP contribution in [0, 0.1) is 0 Å². The van der Waals surface area contributed by atoms with Gasteiger partial charge < -0.3 is 14.4 Å². The van der Waals surface area contributed by atoms with E-state index in [1.807, 2.05) is 77.7 Å². The molecule has 3 aromatic carbocycles. The van der Waals surface area contributed by atoms with Gasteiger partial charge in [0.1, 0.15) is 0 Å². The number of benzene rings is 3. The molecular weight excluding hydrogens is 630 g/mol. The highest BCUT2D eigenvalue weighted by Gasteiger charge is 2.29. The molecule has 0 saturated heterocycles. The van der Waals surface area contributed by atoms with Crippen molar-refractivity contribution < 1.29 is 19.1 Å². The maximum Gasteiger partial charge on any atom is 0.314 e. The number of halogens is 3. The highest BCUT2D eigenvalue weighted by atomic mass is 79.9. The van der Waals surface area contributed by atoms with E-state index in [9.17, 15) is 9.59 Å². The first-order chi connectivity index (χ1) is 16.3. The summed E-state index contributed by atoms with van der Waals surface area (Å²) in [6, 6.07) is 23.0. The van der Waals surface area contributed by atoms with Gasteiger partial charge in [0.25, 0.3) is 0 Å². The average Bonchev–Trinajstić information content (AvgIpc) is 2.85. The molecule has 0 aliphatic heterocycles. The summed E-state index contributed by atoms with van der Waals surface area (Å²) in [4.78, 5) is 27.7. The maximum atomic E-state index is 12.8. The molecule has 0 aliphatic carbocycles. The number of nitrogens with zero attached hydrogens (tertiary/aromatic N) is 1. The van der Waals surface area contributed by atoms with Gasteiger partial charge in [0, 0.05) is 32.2 Å². The molecule has 34 heavy (non-hydrogen) atoms. The Bertz CT molecular complexity index is 1030. The lowest BCUT2D eigenvalue weighted by atomic mass is 9.95. The molecule has 0 heterocycles. The molecule has 0 saturated carbocycles. The number of hydrogen-bond donors (Lipinski definition) is 0. The summed E-state index contributed by atoms with van der Waals surface area (Å²) < 4.78 is 13.1. The molecule has 0 bridgehead atoms. The van der Waals surface area contributed by atoms with E-state index >= 15 is 0 Å². The van der Waals surface area contributed by atoms with Gasteiger partial charge in [-0.2, -0.15) is 0 Å². The summed E-state index contributed by atoms with van der Waals surface area (Å²) in [6.45, 7) is 0.639. The third kappa shape index (κ3) is 6.93. The highest BCUT2D eigenvalue weighted by molar-refractivity contribution is 9.11. The zero-order valence-electron chi connectivity index (χ0n) is 18.7. The monoisotopic (exact) mass is 651 g/mol. The zero-order valence-corrected chi connectivity index (χ0v) is 23.5. The van der Waals surface area contributed by atoms with Crippen LogP contribution in [-0.2, 0) is 19.1 Å². The molecule has 3 aromatic rings. The van der Waals surface area contributed by atoms with E-state index in [4.69, 9.17) is 9.47 Å². The third-order valence-electron chi connectivity index (χ3n) is 5.51. The number of methoxy groups -OCH3 is 2. The first-order valence-corrected chi connectivity index (χ1v) is 12.9. The van der Waals surface area contributed by atoms with Gasteiger partial charge >= 0.3 is 11.9 Å². The summed E-state index contributed by atoms with van der Waals surface area (Å²) in [6.07, 6.45) is 0. The smallest absolute Gasteiger partial charge is 0.314 e. The van der Waals surface area contributed by atoms with Gasteiger partial charge in [0.15, 0.2) is 0 Å². The van der Waals surface area contributed by atoms with Gasteiger partial charge in [0.2, 0.25) is 0 Å². The molecule has 0 aromatic heterocycles. The first kappa shape index (κ1) is 26.4. The molecule has 0 spiro atoms. The number of ether oxygens (including phenoxy) is 2. The van der Waals surface area contributed by atoms with Gasteiger partial charge in [-0.05, 0) is 59.7 Å². The molecule has 5 nitrogen and oxygen atoms in total. The maximum absolute atomic E-state index is 12.8. The standard InChI is InChI=1S/C26H24Br3NO4/c1-33-25(31)23(17-3-7-19(27)8-4-17)15-30(22-13-11-21(29)12-14-22)16-24(26(32)34-2)18-5-9-20(28)10-6-18/h3-14,23-24H,15-16H2,1-2H3/t23-,24-/m1/s1. The van der Waals surface area contributed by atoms with E-state index in [1.165, 1.54) is 14.2 Å². The Balaban J connectivity index is 2.01. The minimum atomic E-state index is -0.551. The lowest BCUT2D eigenvalue weighted by Gasteiger charge is -2.31. The van der Waals surface area contributed by atoms with Gasteiger partial charge in [-0.3, -0.25) is 9.59 Å². The Morgan fingerprint density at radius 1 is 0.647 bits per heavy atom. The molecule has 0 aliphatic rings. The molecule has 0 amide bonds. The van der Waals surface area contributed by atoms with Crippen LogP contribution < -0.4 is 4.90 Å². The lowest BCUT2D eigenvalue weighted by Crippen LogP contribution is -2.37. The Labute approximate surface area is 224 Å². The van der Waals surface area contributed by atoms with E-state index < -0.39 is 11.8 Å². The summed E-state index contributed by atoms with van der Waals surface area (Å²) in [5.74, 6) is -1.79. The van der Waals surface area contributed by atoms with E-state index in [1.54, 1.807) is 0 Å². The van der Waals surface area contributed by atoms with Crippen molar-refractivity contribution in [2.45, 2.75) is 11.8 Å². The average molecular weight is 654 g/mol.